The Morgan fingerprint density at radius 2 is 1.80 bits per heavy atom. The van der Waals surface area contributed by atoms with Crippen LogP contribution in [0.15, 0.2) is 23.8 Å². The van der Waals surface area contributed by atoms with E-state index in [0.717, 1.165) is 10.1 Å². The van der Waals surface area contributed by atoms with Crippen LogP contribution in [0.3, 0.4) is 0 Å². The van der Waals surface area contributed by atoms with Crippen LogP contribution < -0.4 is 3.46 Å². The van der Waals surface area contributed by atoms with E-state index in [0.29, 0.717) is 0 Å². The summed E-state index contributed by atoms with van der Waals surface area (Å²) in [5.41, 5.74) is 1.79. The Kier molecular flexibility index (Phi) is 7.13. The van der Waals surface area contributed by atoms with Gasteiger partial charge in [-0.25, -0.2) is 0 Å². The van der Waals surface area contributed by atoms with Gasteiger partial charge in [0.2, 0.25) is 0 Å². The minimum atomic E-state index is -2.51. The fraction of sp³-hybridized carbons (Fsp3) is 0.714. The molecule has 0 spiro atoms. The van der Waals surface area contributed by atoms with E-state index in [1.165, 1.54) is 19.3 Å². The van der Waals surface area contributed by atoms with Gasteiger partial charge in [0.25, 0.3) is 0 Å². The first-order valence-corrected chi connectivity index (χ1v) is 19.6. The molecule has 2 atom stereocenters. The zero-order valence-corrected chi connectivity index (χ0v) is 19.1. The van der Waals surface area contributed by atoms with E-state index in [2.05, 4.69) is 59.4 Å². The first-order valence-electron chi connectivity index (χ1n) is 7.31. The normalized spacial score (nSPS) is 26.2. The fourth-order valence-electron chi connectivity index (χ4n) is 4.23. The summed E-state index contributed by atoms with van der Waals surface area (Å²) in [5, 5.41) is 5.25. The average Bonchev–Trinajstić information content (AvgIpc) is 2.56. The third kappa shape index (κ3) is 4.84. The molecule has 0 aromatic carbocycles. The number of hydrogen-bond acceptors (Lipinski definition) is 1. The predicted molar refractivity (Wildman–Crippen MR) is 99.6 cm³/mol. The molecule has 0 radical (unpaired) electrons. The number of allylic oxidation sites excluding steroid dienone is 4. The molecule has 1 N–H and O–H groups in total. The van der Waals surface area contributed by atoms with Crippen molar-refractivity contribution in [3.63, 3.8) is 0 Å². The second-order valence-electron chi connectivity index (χ2n) is 8.34. The maximum atomic E-state index is 4.22. The van der Waals surface area contributed by atoms with Crippen molar-refractivity contribution >= 4 is 40.7 Å². The van der Waals surface area contributed by atoms with Crippen molar-refractivity contribution in [1.82, 2.24) is 3.46 Å². The van der Waals surface area contributed by atoms with Gasteiger partial charge in [-0.1, -0.05) is 0 Å². The zero-order valence-electron chi connectivity index (χ0n) is 13.5. The van der Waals surface area contributed by atoms with Crippen LogP contribution >= 0.6 is 24.8 Å². The average molecular weight is 388 g/mol. The van der Waals surface area contributed by atoms with Crippen LogP contribution in [0.25, 0.3) is 0 Å². The first kappa shape index (κ1) is 21.2. The number of nitrogens with one attached hydrogen (secondary N) is 1. The molecule has 2 rings (SSSR count). The first-order chi connectivity index (χ1) is 8.07. The molecule has 0 saturated heterocycles. The van der Waals surface area contributed by atoms with Crippen LogP contribution in [0, 0.1) is 5.92 Å². The van der Waals surface area contributed by atoms with Crippen LogP contribution in [0.1, 0.15) is 19.3 Å². The Morgan fingerprint density at radius 1 is 1.20 bits per heavy atom. The molecule has 2 unspecified atom stereocenters. The van der Waals surface area contributed by atoms with Crippen LogP contribution in [-0.2, 0) is 14.3 Å². The molecule has 20 heavy (non-hydrogen) atoms. The van der Waals surface area contributed by atoms with Crippen molar-refractivity contribution in [1.29, 1.82) is 0 Å². The van der Waals surface area contributed by atoms with Crippen molar-refractivity contribution < 1.29 is 14.3 Å². The summed E-state index contributed by atoms with van der Waals surface area (Å²) in [7, 11) is 1.18. The van der Waals surface area contributed by atoms with Crippen molar-refractivity contribution in [2.45, 2.75) is 53.6 Å². The Balaban J connectivity index is 0.00000180. The zero-order chi connectivity index (χ0) is 13.6. The molecule has 0 bridgehead atoms. The predicted octanol–water partition coefficient (Wildman–Crippen LogP) is 4.59. The number of halogens is 2. The SMILES string of the molecule is C[Si](C)(C)[NH][Ti]([CH3])([CH3])(=[SiH2])[CH]1CCC2CC=CC=C21.Cl.Cl. The van der Waals surface area contributed by atoms with Crippen molar-refractivity contribution in [3.05, 3.63) is 23.8 Å². The monoisotopic (exact) mass is 387 g/mol. The van der Waals surface area contributed by atoms with Gasteiger partial charge in [-0.3, -0.25) is 0 Å². The van der Waals surface area contributed by atoms with Crippen molar-refractivity contribution in [2.24, 2.45) is 5.92 Å². The third-order valence-electron chi connectivity index (χ3n) is 4.43. The number of rotatable bonds is 3. The minimum absolute atomic E-state index is 0. The summed E-state index contributed by atoms with van der Waals surface area (Å²) < 4.78 is 5.12. The van der Waals surface area contributed by atoms with Gasteiger partial charge in [0.1, 0.15) is 0 Å². The maximum absolute atomic E-state index is 4.22. The quantitative estimate of drug-likeness (QED) is 0.698. The summed E-state index contributed by atoms with van der Waals surface area (Å²) in [6.45, 7) is 7.37. The molecule has 0 aromatic rings. The largest absolute Gasteiger partial charge is 0.147 e. The van der Waals surface area contributed by atoms with Crippen LogP contribution in [0.5, 0.6) is 0 Å². The number of fused-ring (bicyclic) bond motifs is 1. The molecule has 2 aliphatic carbocycles. The summed E-state index contributed by atoms with van der Waals surface area (Å²) >= 11 is -2.51. The molecule has 0 aromatic heterocycles. The van der Waals surface area contributed by atoms with Gasteiger partial charge < -0.3 is 0 Å². The van der Waals surface area contributed by atoms with E-state index in [9.17, 15) is 0 Å². The van der Waals surface area contributed by atoms with Crippen molar-refractivity contribution in [2.75, 3.05) is 0 Å². The summed E-state index contributed by atoms with van der Waals surface area (Å²) in [6.07, 6.45) is 11.2. The van der Waals surface area contributed by atoms with E-state index in [1.807, 2.05) is 0 Å². The van der Waals surface area contributed by atoms with E-state index >= 15 is 0 Å². The van der Waals surface area contributed by atoms with Gasteiger partial charge in [-0.15, -0.1) is 24.8 Å². The smallest absolute Gasteiger partial charge is 0.147 e. The van der Waals surface area contributed by atoms with Gasteiger partial charge in [-0.05, 0) is 0 Å². The Hall–Kier alpha value is 1.17. The molecular formula is C14H31Cl2NSi2Ti. The molecule has 0 aliphatic heterocycles. The third-order valence-corrected chi connectivity index (χ3v) is 22.0. The summed E-state index contributed by atoms with van der Waals surface area (Å²) in [6, 6.07) is 0. The van der Waals surface area contributed by atoms with E-state index in [1.54, 1.807) is 5.57 Å². The van der Waals surface area contributed by atoms with Gasteiger partial charge in [0, 0.05) is 0 Å². The molecule has 6 heteroatoms. The van der Waals surface area contributed by atoms with E-state index in [4.69, 9.17) is 0 Å². The van der Waals surface area contributed by atoms with Crippen LogP contribution in [-0.4, -0.2) is 15.9 Å². The minimum Gasteiger partial charge on any atom is -0.147 e. The second kappa shape index (κ2) is 6.74. The second-order valence-corrected chi connectivity index (χ2v) is 33.1. The summed E-state index contributed by atoms with van der Waals surface area (Å²) in [5.74, 6) is 0.871. The molecule has 1 nitrogen and oxygen atoms in total. The summed E-state index contributed by atoms with van der Waals surface area (Å²) in [4.78, 5) is 0. The van der Waals surface area contributed by atoms with E-state index < -0.39 is 22.5 Å². The fourth-order valence-corrected chi connectivity index (χ4v) is 31.5. The van der Waals surface area contributed by atoms with Gasteiger partial charge in [0.15, 0.2) is 0 Å². The molecule has 1 fully saturated rings. The molecule has 1 saturated carbocycles. The molecule has 2 aliphatic rings. The Labute approximate surface area is 141 Å². The Morgan fingerprint density at radius 3 is 2.35 bits per heavy atom. The van der Waals surface area contributed by atoms with Crippen LogP contribution in [0.2, 0.25) is 34.3 Å². The van der Waals surface area contributed by atoms with Gasteiger partial charge in [-0.2, -0.15) is 0 Å². The topological polar surface area (TPSA) is 12.0 Å². The number of hydrogen-bond donors (Lipinski definition) is 1. The molecular weight excluding hydrogens is 357 g/mol. The molecule has 0 heterocycles. The molecule has 118 valence electrons. The molecule has 0 amide bonds. The standard InChI is InChI=1S/C9H11.C3H10NSi.2CH3.2ClH.H2Si.Ti/c1-2-5-9-7-3-6-8(9)4-1;1-5(2,3)4;;;;;;/h1-2,4,6,9H,3,5,7H2;4H,1-3H3;2*1H3;2*1H;1H2;/q;-1;;;;;;+1. The van der Waals surface area contributed by atoms with E-state index in [-0.39, 0.29) is 24.8 Å². The maximum Gasteiger partial charge on any atom is -0.147 e. The van der Waals surface area contributed by atoms with Gasteiger partial charge >= 0.3 is 117 Å². The van der Waals surface area contributed by atoms with Crippen LogP contribution in [0.4, 0.5) is 0 Å². The van der Waals surface area contributed by atoms with Gasteiger partial charge in [0.05, 0.1) is 0 Å². The Bertz CT molecular complexity index is 474. The van der Waals surface area contributed by atoms with Crippen molar-refractivity contribution in [3.8, 4) is 0 Å².